The third-order valence-corrected chi connectivity index (χ3v) is 2.77. The van der Waals surface area contributed by atoms with Crippen LogP contribution in [0.5, 0.6) is 5.75 Å². The SMILES string of the molecule is CCOC(=O)/C(C)=C(\CC)Nc1ccc(OC)cc1. The van der Waals surface area contributed by atoms with Crippen molar-refractivity contribution in [3.8, 4) is 5.75 Å². The zero-order valence-electron chi connectivity index (χ0n) is 11.9. The van der Waals surface area contributed by atoms with Crippen molar-refractivity contribution in [1.82, 2.24) is 0 Å². The van der Waals surface area contributed by atoms with Crippen molar-refractivity contribution in [1.29, 1.82) is 0 Å². The smallest absolute Gasteiger partial charge is 0.335 e. The van der Waals surface area contributed by atoms with E-state index in [1.807, 2.05) is 31.2 Å². The molecule has 0 aliphatic rings. The van der Waals surface area contributed by atoms with Crippen LogP contribution in [0.15, 0.2) is 35.5 Å². The maximum absolute atomic E-state index is 11.7. The van der Waals surface area contributed by atoms with Gasteiger partial charge in [-0.1, -0.05) is 6.92 Å². The molecule has 0 aliphatic heterocycles. The number of esters is 1. The Kier molecular flexibility index (Phi) is 5.93. The van der Waals surface area contributed by atoms with Gasteiger partial charge in [0.2, 0.25) is 0 Å². The van der Waals surface area contributed by atoms with Crippen LogP contribution < -0.4 is 10.1 Å². The molecule has 0 fully saturated rings. The van der Waals surface area contributed by atoms with Gasteiger partial charge in [-0.2, -0.15) is 0 Å². The molecule has 0 aromatic heterocycles. The second-order valence-corrected chi connectivity index (χ2v) is 4.03. The van der Waals surface area contributed by atoms with Crippen LogP contribution in [0.25, 0.3) is 0 Å². The van der Waals surface area contributed by atoms with Gasteiger partial charge in [0, 0.05) is 11.4 Å². The quantitative estimate of drug-likeness (QED) is 0.631. The maximum atomic E-state index is 11.7. The molecule has 0 unspecified atom stereocenters. The number of carbonyl (C=O) groups is 1. The van der Waals surface area contributed by atoms with E-state index >= 15 is 0 Å². The molecular weight excluding hydrogens is 242 g/mol. The van der Waals surface area contributed by atoms with E-state index in [2.05, 4.69) is 5.32 Å². The number of methoxy groups -OCH3 is 1. The molecule has 4 heteroatoms. The third-order valence-electron chi connectivity index (χ3n) is 2.77. The highest BCUT2D eigenvalue weighted by atomic mass is 16.5. The van der Waals surface area contributed by atoms with E-state index in [1.54, 1.807) is 21.0 Å². The molecule has 1 rings (SSSR count). The Bertz CT molecular complexity index is 449. The molecule has 19 heavy (non-hydrogen) atoms. The van der Waals surface area contributed by atoms with Crippen molar-refractivity contribution in [2.24, 2.45) is 0 Å². The molecule has 1 aromatic rings. The number of rotatable bonds is 6. The van der Waals surface area contributed by atoms with Crippen LogP contribution in [0.2, 0.25) is 0 Å². The van der Waals surface area contributed by atoms with Crippen molar-refractivity contribution < 1.29 is 14.3 Å². The Morgan fingerprint density at radius 1 is 1.21 bits per heavy atom. The van der Waals surface area contributed by atoms with Crippen molar-refractivity contribution in [3.63, 3.8) is 0 Å². The van der Waals surface area contributed by atoms with Gasteiger partial charge in [-0.05, 0) is 44.5 Å². The minimum absolute atomic E-state index is 0.277. The monoisotopic (exact) mass is 263 g/mol. The first kappa shape index (κ1) is 15.1. The molecule has 104 valence electrons. The van der Waals surface area contributed by atoms with Crippen molar-refractivity contribution in [3.05, 3.63) is 35.5 Å². The fourth-order valence-corrected chi connectivity index (χ4v) is 1.66. The van der Waals surface area contributed by atoms with Gasteiger partial charge in [0.15, 0.2) is 0 Å². The molecule has 0 amide bonds. The van der Waals surface area contributed by atoms with E-state index in [9.17, 15) is 4.79 Å². The molecule has 0 atom stereocenters. The predicted octanol–water partition coefficient (Wildman–Crippen LogP) is 3.35. The third kappa shape index (κ3) is 4.32. The first-order valence-electron chi connectivity index (χ1n) is 6.40. The van der Waals surface area contributed by atoms with Crippen LogP contribution in [0.3, 0.4) is 0 Å². The van der Waals surface area contributed by atoms with Gasteiger partial charge in [0.25, 0.3) is 0 Å². The first-order valence-corrected chi connectivity index (χ1v) is 6.40. The fourth-order valence-electron chi connectivity index (χ4n) is 1.66. The summed E-state index contributed by atoms with van der Waals surface area (Å²) < 4.78 is 10.1. The normalized spacial score (nSPS) is 11.6. The van der Waals surface area contributed by atoms with E-state index in [1.165, 1.54) is 0 Å². The molecule has 0 bridgehead atoms. The Labute approximate surface area is 114 Å². The lowest BCUT2D eigenvalue weighted by Crippen LogP contribution is -2.11. The summed E-state index contributed by atoms with van der Waals surface area (Å²) >= 11 is 0. The highest BCUT2D eigenvalue weighted by molar-refractivity contribution is 5.89. The lowest BCUT2D eigenvalue weighted by atomic mass is 10.1. The molecule has 1 N–H and O–H groups in total. The van der Waals surface area contributed by atoms with E-state index in [0.717, 1.165) is 23.6 Å². The number of anilines is 1. The molecule has 0 heterocycles. The molecule has 1 aromatic carbocycles. The van der Waals surface area contributed by atoms with Gasteiger partial charge in [-0.15, -0.1) is 0 Å². The number of benzene rings is 1. The van der Waals surface area contributed by atoms with E-state index in [4.69, 9.17) is 9.47 Å². The summed E-state index contributed by atoms with van der Waals surface area (Å²) in [4.78, 5) is 11.7. The molecule has 0 radical (unpaired) electrons. The summed E-state index contributed by atoms with van der Waals surface area (Å²) in [7, 11) is 1.63. The predicted molar refractivity (Wildman–Crippen MR) is 76.2 cm³/mol. The molecular formula is C15H21NO3. The van der Waals surface area contributed by atoms with Crippen LogP contribution in [-0.4, -0.2) is 19.7 Å². The number of ether oxygens (including phenoxy) is 2. The lowest BCUT2D eigenvalue weighted by molar-refractivity contribution is -0.138. The number of hydrogen-bond acceptors (Lipinski definition) is 4. The van der Waals surface area contributed by atoms with Crippen LogP contribution in [-0.2, 0) is 9.53 Å². The molecule has 0 saturated heterocycles. The second-order valence-electron chi connectivity index (χ2n) is 4.03. The van der Waals surface area contributed by atoms with Gasteiger partial charge in [0.05, 0.1) is 19.3 Å². The van der Waals surface area contributed by atoms with Crippen LogP contribution in [0.4, 0.5) is 5.69 Å². The Morgan fingerprint density at radius 2 is 1.84 bits per heavy atom. The summed E-state index contributed by atoms with van der Waals surface area (Å²) in [6, 6.07) is 7.56. The maximum Gasteiger partial charge on any atom is 0.335 e. The minimum atomic E-state index is -0.277. The van der Waals surface area contributed by atoms with E-state index in [0.29, 0.717) is 12.2 Å². The second kappa shape index (κ2) is 7.46. The standard InChI is InChI=1S/C15H21NO3/c1-5-14(11(3)15(17)19-6-2)16-12-7-9-13(18-4)10-8-12/h7-10,16H,5-6H2,1-4H3/b14-11+. The summed E-state index contributed by atoms with van der Waals surface area (Å²) in [5, 5.41) is 3.24. The first-order chi connectivity index (χ1) is 9.12. The zero-order valence-corrected chi connectivity index (χ0v) is 11.9. The molecule has 0 saturated carbocycles. The van der Waals surface area contributed by atoms with Crippen molar-refractivity contribution in [2.75, 3.05) is 19.0 Å². The average Bonchev–Trinajstić information content (AvgIpc) is 2.45. The number of carbonyl (C=O) groups excluding carboxylic acids is 1. The van der Waals surface area contributed by atoms with Crippen molar-refractivity contribution >= 4 is 11.7 Å². The highest BCUT2D eigenvalue weighted by Gasteiger charge is 2.10. The Balaban J connectivity index is 2.85. The largest absolute Gasteiger partial charge is 0.497 e. The summed E-state index contributed by atoms with van der Waals surface area (Å²) in [5.74, 6) is 0.523. The summed E-state index contributed by atoms with van der Waals surface area (Å²) in [5.41, 5.74) is 2.39. The highest BCUT2D eigenvalue weighted by Crippen LogP contribution is 2.19. The number of allylic oxidation sites excluding steroid dienone is 1. The molecule has 4 nitrogen and oxygen atoms in total. The zero-order chi connectivity index (χ0) is 14.3. The van der Waals surface area contributed by atoms with Gasteiger partial charge >= 0.3 is 5.97 Å². The van der Waals surface area contributed by atoms with Crippen LogP contribution >= 0.6 is 0 Å². The topological polar surface area (TPSA) is 47.6 Å². The molecule has 0 aliphatic carbocycles. The summed E-state index contributed by atoms with van der Waals surface area (Å²) in [6.45, 7) is 5.95. The van der Waals surface area contributed by atoms with Crippen LogP contribution in [0.1, 0.15) is 27.2 Å². The van der Waals surface area contributed by atoms with Crippen molar-refractivity contribution in [2.45, 2.75) is 27.2 Å². The van der Waals surface area contributed by atoms with Crippen LogP contribution in [0, 0.1) is 0 Å². The van der Waals surface area contributed by atoms with Gasteiger partial charge in [-0.25, -0.2) is 4.79 Å². The minimum Gasteiger partial charge on any atom is -0.497 e. The van der Waals surface area contributed by atoms with E-state index < -0.39 is 0 Å². The van der Waals surface area contributed by atoms with Gasteiger partial charge in [-0.3, -0.25) is 0 Å². The Morgan fingerprint density at radius 3 is 2.32 bits per heavy atom. The van der Waals surface area contributed by atoms with E-state index in [-0.39, 0.29) is 5.97 Å². The van der Waals surface area contributed by atoms with Gasteiger partial charge in [0.1, 0.15) is 5.75 Å². The Hall–Kier alpha value is -1.97. The summed E-state index contributed by atoms with van der Waals surface area (Å²) in [6.07, 6.45) is 0.733. The number of hydrogen-bond donors (Lipinski definition) is 1. The molecule has 0 spiro atoms. The van der Waals surface area contributed by atoms with Gasteiger partial charge < -0.3 is 14.8 Å². The lowest BCUT2D eigenvalue weighted by Gasteiger charge is -2.13. The average molecular weight is 263 g/mol. The number of nitrogens with one attached hydrogen (secondary N) is 1. The fraction of sp³-hybridized carbons (Fsp3) is 0.400.